The number of fused-ring (bicyclic) bond motifs is 4. The molecule has 8 atom stereocenters. The number of rotatable bonds is 2. The van der Waals surface area contributed by atoms with Crippen molar-refractivity contribution in [2.75, 3.05) is 0 Å². The van der Waals surface area contributed by atoms with E-state index in [1.165, 1.54) is 0 Å². The van der Waals surface area contributed by atoms with E-state index in [0.29, 0.717) is 29.4 Å². The average molecular weight is 439 g/mol. The van der Waals surface area contributed by atoms with Crippen LogP contribution in [0.25, 0.3) is 0 Å². The molecular weight excluding hydrogens is 404 g/mol. The molecule has 172 valence electrons. The largest absolute Gasteiger partial charge is 0.447 e. The summed E-state index contributed by atoms with van der Waals surface area (Å²) in [5.74, 6) is -0.627. The maximum absolute atomic E-state index is 14.1. The predicted molar refractivity (Wildman–Crippen MR) is 120 cm³/mol. The van der Waals surface area contributed by atoms with Gasteiger partial charge in [0.2, 0.25) is 5.78 Å². The molecule has 0 aromatic heterocycles. The maximum Gasteiger partial charge on any atom is 0.339 e. The quantitative estimate of drug-likeness (QED) is 0.549. The number of carbonyl (C=O) groups excluding carboxylic acids is 2. The molecule has 3 fully saturated rings. The molecule has 5 heteroatoms. The molecule has 32 heavy (non-hydrogen) atoms. The molecule has 5 nitrogen and oxygen atoms in total. The molecule has 1 unspecified atom stereocenters. The molecule has 0 bridgehead atoms. The predicted octanol–water partition coefficient (Wildman–Crippen LogP) is 4.34. The second-order valence-electron chi connectivity index (χ2n) is 11.4. The number of ether oxygens (including phenoxy) is 2. The van der Waals surface area contributed by atoms with Crippen LogP contribution in [0, 0.1) is 29.1 Å². The Balaban J connectivity index is 1.60. The smallest absolute Gasteiger partial charge is 0.339 e. The third-order valence-electron chi connectivity index (χ3n) is 8.93. The standard InChI is InChI=1S/C27H34O5/c1-15-13-19-18(25(19,3)4)11-12-26(5)23(31-26)20-21(28)16(2)14-27(20,22(15)29)32-24(30)17-9-7-6-8-10-17/h6-10,13,16,18-21,23,28H,11-12,14H2,1-5H3/b15-13+/t16-,18-,19+,20+,21-,23+,26+,27?/m0/s1. The Morgan fingerprint density at radius 1 is 1.19 bits per heavy atom. The summed E-state index contributed by atoms with van der Waals surface area (Å²) in [5, 5.41) is 11.2. The first kappa shape index (κ1) is 21.8. The van der Waals surface area contributed by atoms with Gasteiger partial charge < -0.3 is 14.6 Å². The Hall–Kier alpha value is -1.98. The van der Waals surface area contributed by atoms with Crippen molar-refractivity contribution in [1.29, 1.82) is 0 Å². The average Bonchev–Trinajstić information content (AvgIpc) is 3.52. The Bertz CT molecular complexity index is 981. The van der Waals surface area contributed by atoms with Gasteiger partial charge in [0.1, 0.15) is 0 Å². The summed E-state index contributed by atoms with van der Waals surface area (Å²) in [4.78, 5) is 27.3. The molecule has 2 saturated carbocycles. The van der Waals surface area contributed by atoms with Crippen molar-refractivity contribution in [2.45, 2.75) is 77.3 Å². The van der Waals surface area contributed by atoms with Crippen LogP contribution in [-0.4, -0.2) is 40.3 Å². The van der Waals surface area contributed by atoms with Crippen molar-refractivity contribution in [3.63, 3.8) is 0 Å². The number of ketones is 1. The second-order valence-corrected chi connectivity index (χ2v) is 11.4. The molecule has 1 N–H and O–H groups in total. The zero-order valence-corrected chi connectivity index (χ0v) is 19.6. The molecule has 1 aliphatic heterocycles. The summed E-state index contributed by atoms with van der Waals surface area (Å²) in [6.07, 6.45) is 3.23. The van der Waals surface area contributed by atoms with Crippen LogP contribution in [0.1, 0.15) is 64.2 Å². The first-order valence-electron chi connectivity index (χ1n) is 11.9. The van der Waals surface area contributed by atoms with Crippen LogP contribution in [0.5, 0.6) is 0 Å². The van der Waals surface area contributed by atoms with E-state index >= 15 is 0 Å². The number of benzene rings is 1. The van der Waals surface area contributed by atoms with Gasteiger partial charge in [-0.25, -0.2) is 4.79 Å². The minimum absolute atomic E-state index is 0.150. The molecule has 0 radical (unpaired) electrons. The van der Waals surface area contributed by atoms with Crippen LogP contribution in [0.15, 0.2) is 42.0 Å². The fourth-order valence-electron chi connectivity index (χ4n) is 6.69. The van der Waals surface area contributed by atoms with Gasteiger partial charge in [0.15, 0.2) is 5.60 Å². The number of aliphatic hydroxyl groups excluding tert-OH is 1. The van der Waals surface area contributed by atoms with E-state index in [1.807, 2.05) is 19.9 Å². The molecule has 1 saturated heterocycles. The van der Waals surface area contributed by atoms with Gasteiger partial charge in [0.25, 0.3) is 0 Å². The van der Waals surface area contributed by atoms with Gasteiger partial charge in [0.05, 0.1) is 29.3 Å². The summed E-state index contributed by atoms with van der Waals surface area (Å²) >= 11 is 0. The van der Waals surface area contributed by atoms with Crippen molar-refractivity contribution in [1.82, 2.24) is 0 Å². The van der Waals surface area contributed by atoms with Gasteiger partial charge in [-0.1, -0.05) is 45.0 Å². The summed E-state index contributed by atoms with van der Waals surface area (Å²) in [7, 11) is 0. The number of Topliss-reactive ketones (excluding diaryl/α,β-unsaturated/α-hetero) is 1. The van der Waals surface area contributed by atoms with Gasteiger partial charge in [-0.05, 0) is 67.6 Å². The second kappa shape index (κ2) is 7.01. The first-order valence-corrected chi connectivity index (χ1v) is 11.9. The maximum atomic E-state index is 14.1. The Morgan fingerprint density at radius 3 is 2.56 bits per heavy atom. The lowest BCUT2D eigenvalue weighted by molar-refractivity contribution is -0.141. The summed E-state index contributed by atoms with van der Waals surface area (Å²) < 4.78 is 12.4. The molecule has 0 spiro atoms. The highest BCUT2D eigenvalue weighted by Gasteiger charge is 2.71. The zero-order chi connectivity index (χ0) is 23.1. The number of epoxide rings is 1. The molecule has 1 aromatic rings. The van der Waals surface area contributed by atoms with Crippen LogP contribution in [0.4, 0.5) is 0 Å². The van der Waals surface area contributed by atoms with Crippen molar-refractivity contribution < 1.29 is 24.2 Å². The number of allylic oxidation sites excluding steroid dienone is 1. The number of esters is 1. The summed E-state index contributed by atoms with van der Waals surface area (Å²) in [6.45, 7) is 10.3. The van der Waals surface area contributed by atoms with Crippen molar-refractivity contribution in [3.8, 4) is 0 Å². The number of aliphatic hydroxyl groups is 1. The third-order valence-corrected chi connectivity index (χ3v) is 8.93. The summed E-state index contributed by atoms with van der Waals surface area (Å²) in [5.41, 5.74) is -0.643. The van der Waals surface area contributed by atoms with E-state index in [4.69, 9.17) is 9.47 Å². The Labute approximate surface area is 190 Å². The van der Waals surface area contributed by atoms with Crippen molar-refractivity contribution in [2.24, 2.45) is 29.1 Å². The highest BCUT2D eigenvalue weighted by molar-refractivity contribution is 6.04. The molecular formula is C27H34O5. The van der Waals surface area contributed by atoms with Gasteiger partial charge in [-0.15, -0.1) is 0 Å². The van der Waals surface area contributed by atoms with Gasteiger partial charge in [-0.2, -0.15) is 0 Å². The van der Waals surface area contributed by atoms with E-state index in [1.54, 1.807) is 24.3 Å². The fraction of sp³-hybridized carbons (Fsp3) is 0.630. The molecule has 4 aliphatic rings. The molecule has 1 aromatic carbocycles. The summed E-state index contributed by atoms with van der Waals surface area (Å²) in [6, 6.07) is 8.77. The normalized spacial score (nSPS) is 45.9. The molecule has 1 heterocycles. The monoisotopic (exact) mass is 438 g/mol. The SMILES string of the molecule is C/C1=C\[C@@H]2[C@H](CC[C@@]3(C)O[C@@H]3[C@H]3[C@@H](O)[C@@H](C)CC3(OC(=O)c3ccccc3)C1=O)C2(C)C. The van der Waals surface area contributed by atoms with E-state index in [-0.39, 0.29) is 23.2 Å². The number of hydrogen-bond donors (Lipinski definition) is 1. The first-order chi connectivity index (χ1) is 15.0. The number of carbonyl (C=O) groups is 2. The minimum atomic E-state index is -1.42. The van der Waals surface area contributed by atoms with Crippen molar-refractivity contribution in [3.05, 3.63) is 47.5 Å². The fourth-order valence-corrected chi connectivity index (χ4v) is 6.69. The highest BCUT2D eigenvalue weighted by atomic mass is 16.6. The van der Waals surface area contributed by atoms with E-state index in [0.717, 1.165) is 12.8 Å². The third kappa shape index (κ3) is 3.12. The van der Waals surface area contributed by atoms with Gasteiger partial charge >= 0.3 is 5.97 Å². The van der Waals surface area contributed by atoms with Gasteiger partial charge in [0, 0.05) is 6.42 Å². The zero-order valence-electron chi connectivity index (χ0n) is 19.6. The van der Waals surface area contributed by atoms with E-state index < -0.39 is 29.2 Å². The lowest BCUT2D eigenvalue weighted by Crippen LogP contribution is -2.52. The van der Waals surface area contributed by atoms with Crippen LogP contribution >= 0.6 is 0 Å². The lowest BCUT2D eigenvalue weighted by Gasteiger charge is -2.35. The highest BCUT2D eigenvalue weighted by Crippen LogP contribution is 2.64. The lowest BCUT2D eigenvalue weighted by atomic mass is 9.77. The minimum Gasteiger partial charge on any atom is -0.447 e. The van der Waals surface area contributed by atoms with Crippen LogP contribution in [0.3, 0.4) is 0 Å². The Kier molecular flexibility index (Phi) is 4.78. The molecule has 3 aliphatic carbocycles. The van der Waals surface area contributed by atoms with Crippen molar-refractivity contribution >= 4 is 11.8 Å². The van der Waals surface area contributed by atoms with Crippen LogP contribution in [-0.2, 0) is 14.3 Å². The number of hydrogen-bond acceptors (Lipinski definition) is 5. The van der Waals surface area contributed by atoms with Gasteiger partial charge in [-0.3, -0.25) is 4.79 Å². The van der Waals surface area contributed by atoms with E-state index in [9.17, 15) is 14.7 Å². The topological polar surface area (TPSA) is 76.1 Å². The van der Waals surface area contributed by atoms with E-state index in [2.05, 4.69) is 26.8 Å². The Morgan fingerprint density at radius 2 is 1.88 bits per heavy atom. The molecule has 5 rings (SSSR count). The van der Waals surface area contributed by atoms with Crippen LogP contribution < -0.4 is 0 Å². The molecule has 0 amide bonds. The van der Waals surface area contributed by atoms with Crippen LogP contribution in [0.2, 0.25) is 0 Å².